The number of nitrogens with zero attached hydrogens (tertiary/aromatic N) is 3. The van der Waals surface area contributed by atoms with Crippen molar-refractivity contribution in [2.24, 2.45) is 22.4 Å². The Labute approximate surface area is 102 Å². The van der Waals surface area contributed by atoms with Crippen molar-refractivity contribution in [2.75, 3.05) is 13.2 Å². The Kier molecular flexibility index (Phi) is 4.82. The van der Waals surface area contributed by atoms with Gasteiger partial charge in [0.1, 0.15) is 0 Å². The number of rotatable bonds is 5. The first-order valence-electron chi connectivity index (χ1n) is 6.27. The number of carbonyl (C=O) groups excluding carboxylic acids is 1. The second kappa shape index (κ2) is 5.92. The molecule has 0 aromatic rings. The second-order valence-electron chi connectivity index (χ2n) is 4.91. The van der Waals surface area contributed by atoms with Crippen molar-refractivity contribution in [3.63, 3.8) is 0 Å². The zero-order valence-electron chi connectivity index (χ0n) is 10.8. The largest absolute Gasteiger partial charge is 0.466 e. The molecular weight excluding hydrogens is 218 g/mol. The van der Waals surface area contributed by atoms with Crippen molar-refractivity contribution in [1.29, 1.82) is 0 Å². The quantitative estimate of drug-likeness (QED) is 0.319. The number of carbonyl (C=O) groups is 1. The highest BCUT2D eigenvalue weighted by Gasteiger charge is 2.48. The lowest BCUT2D eigenvalue weighted by Crippen LogP contribution is -2.30. The Morgan fingerprint density at radius 1 is 1.53 bits per heavy atom. The van der Waals surface area contributed by atoms with Crippen LogP contribution in [0.1, 0.15) is 40.0 Å². The van der Waals surface area contributed by atoms with Crippen LogP contribution in [-0.4, -0.2) is 19.1 Å². The summed E-state index contributed by atoms with van der Waals surface area (Å²) in [5, 5.41) is 3.64. The molecule has 1 saturated carbocycles. The van der Waals surface area contributed by atoms with Crippen molar-refractivity contribution in [3.05, 3.63) is 10.4 Å². The molecule has 0 radical (unpaired) electrons. The number of azide groups is 1. The van der Waals surface area contributed by atoms with E-state index in [4.69, 9.17) is 10.3 Å². The molecule has 1 rings (SSSR count). The lowest BCUT2D eigenvalue weighted by atomic mass is 9.82. The molecule has 1 aliphatic carbocycles. The third-order valence-corrected chi connectivity index (χ3v) is 3.94. The third-order valence-electron chi connectivity index (χ3n) is 3.94. The van der Waals surface area contributed by atoms with Crippen LogP contribution in [0.4, 0.5) is 0 Å². The number of hydrogen-bond acceptors (Lipinski definition) is 3. The molecule has 0 aliphatic heterocycles. The van der Waals surface area contributed by atoms with Crippen LogP contribution in [0.5, 0.6) is 0 Å². The van der Waals surface area contributed by atoms with E-state index in [1.807, 2.05) is 13.8 Å². The van der Waals surface area contributed by atoms with E-state index in [2.05, 4.69) is 16.9 Å². The number of hydrogen-bond donors (Lipinski definition) is 0. The molecule has 0 aromatic heterocycles. The summed E-state index contributed by atoms with van der Waals surface area (Å²) >= 11 is 0. The van der Waals surface area contributed by atoms with Gasteiger partial charge in [-0.25, -0.2) is 0 Å². The molecule has 5 heteroatoms. The second-order valence-corrected chi connectivity index (χ2v) is 4.91. The van der Waals surface area contributed by atoms with Gasteiger partial charge >= 0.3 is 5.97 Å². The summed E-state index contributed by atoms with van der Waals surface area (Å²) in [6.07, 6.45) is 2.42. The average molecular weight is 239 g/mol. The highest BCUT2D eigenvalue weighted by atomic mass is 16.5. The average Bonchev–Trinajstić information content (AvgIpc) is 2.65. The molecule has 3 atom stereocenters. The molecule has 17 heavy (non-hydrogen) atoms. The maximum Gasteiger partial charge on any atom is 0.312 e. The maximum absolute atomic E-state index is 12.0. The van der Waals surface area contributed by atoms with Crippen LogP contribution in [0.25, 0.3) is 10.4 Å². The van der Waals surface area contributed by atoms with Crippen LogP contribution in [0.15, 0.2) is 5.11 Å². The van der Waals surface area contributed by atoms with Crippen LogP contribution < -0.4 is 0 Å². The van der Waals surface area contributed by atoms with Gasteiger partial charge in [-0.3, -0.25) is 4.79 Å². The Morgan fingerprint density at radius 2 is 2.24 bits per heavy atom. The van der Waals surface area contributed by atoms with E-state index < -0.39 is 0 Å². The fourth-order valence-electron chi connectivity index (χ4n) is 2.84. The topological polar surface area (TPSA) is 75.1 Å². The van der Waals surface area contributed by atoms with Gasteiger partial charge in [0.25, 0.3) is 0 Å². The summed E-state index contributed by atoms with van der Waals surface area (Å²) in [5.41, 5.74) is 8.00. The molecule has 0 heterocycles. The predicted octanol–water partition coefficient (Wildman–Crippen LogP) is 3.30. The summed E-state index contributed by atoms with van der Waals surface area (Å²) in [6, 6.07) is 0. The van der Waals surface area contributed by atoms with Gasteiger partial charge in [0.15, 0.2) is 0 Å². The number of esters is 1. The first-order chi connectivity index (χ1) is 8.09. The van der Waals surface area contributed by atoms with Crippen LogP contribution in [0.3, 0.4) is 0 Å². The van der Waals surface area contributed by atoms with Crippen LogP contribution >= 0.6 is 0 Å². The summed E-state index contributed by atoms with van der Waals surface area (Å²) in [4.78, 5) is 14.8. The van der Waals surface area contributed by atoms with Gasteiger partial charge in [-0.2, -0.15) is 0 Å². The van der Waals surface area contributed by atoms with Gasteiger partial charge in [-0.05, 0) is 43.6 Å². The lowest BCUT2D eigenvalue weighted by Gasteiger charge is -2.25. The Bertz CT molecular complexity index is 326. The van der Waals surface area contributed by atoms with Crippen LogP contribution in [0.2, 0.25) is 0 Å². The smallest absolute Gasteiger partial charge is 0.312 e. The summed E-state index contributed by atoms with van der Waals surface area (Å²) in [5.74, 6) is 0.623. The molecular formula is C12H21N3O2. The van der Waals surface area contributed by atoms with Crippen molar-refractivity contribution in [2.45, 2.75) is 40.0 Å². The summed E-state index contributed by atoms with van der Waals surface area (Å²) in [6.45, 7) is 6.89. The molecule has 1 aliphatic rings. The zero-order chi connectivity index (χ0) is 12.9. The highest BCUT2D eigenvalue weighted by Crippen LogP contribution is 2.48. The molecule has 0 spiro atoms. The van der Waals surface area contributed by atoms with Gasteiger partial charge in [0.05, 0.1) is 12.0 Å². The first-order valence-corrected chi connectivity index (χ1v) is 6.27. The van der Waals surface area contributed by atoms with Crippen molar-refractivity contribution in [1.82, 2.24) is 0 Å². The molecule has 0 N–H and O–H groups in total. The maximum atomic E-state index is 12.0. The minimum atomic E-state index is -0.356. The normalized spacial score (nSPS) is 31.9. The van der Waals surface area contributed by atoms with E-state index in [1.165, 1.54) is 0 Å². The van der Waals surface area contributed by atoms with Gasteiger partial charge < -0.3 is 4.74 Å². The molecule has 0 bridgehead atoms. The van der Waals surface area contributed by atoms with Gasteiger partial charge in [0.2, 0.25) is 0 Å². The molecule has 96 valence electrons. The summed E-state index contributed by atoms with van der Waals surface area (Å²) < 4.78 is 5.18. The van der Waals surface area contributed by atoms with Crippen molar-refractivity contribution >= 4 is 5.97 Å². The van der Waals surface area contributed by atoms with E-state index in [1.54, 1.807) is 0 Å². The summed E-state index contributed by atoms with van der Waals surface area (Å²) in [7, 11) is 0. The fraction of sp³-hybridized carbons (Fsp3) is 0.917. The minimum Gasteiger partial charge on any atom is -0.466 e. The number of ether oxygens (including phenoxy) is 1. The monoisotopic (exact) mass is 239 g/mol. The Morgan fingerprint density at radius 3 is 2.76 bits per heavy atom. The lowest BCUT2D eigenvalue weighted by molar-refractivity contribution is -0.155. The van der Waals surface area contributed by atoms with E-state index in [-0.39, 0.29) is 11.4 Å². The fourth-order valence-corrected chi connectivity index (χ4v) is 2.84. The van der Waals surface area contributed by atoms with Crippen molar-refractivity contribution in [3.8, 4) is 0 Å². The molecule has 0 saturated heterocycles. The SMILES string of the molecule is CCOC(=O)C1(CC)C[C@@H](CN=[N+]=[N-])[C@@H](C)C1. The minimum absolute atomic E-state index is 0.0854. The molecule has 0 amide bonds. The predicted molar refractivity (Wildman–Crippen MR) is 65.3 cm³/mol. The van der Waals surface area contributed by atoms with E-state index in [9.17, 15) is 4.79 Å². The first kappa shape index (κ1) is 13.8. The highest BCUT2D eigenvalue weighted by molar-refractivity contribution is 5.77. The third kappa shape index (κ3) is 2.91. The Hall–Kier alpha value is -1.22. The zero-order valence-corrected chi connectivity index (χ0v) is 10.8. The van der Waals surface area contributed by atoms with Crippen LogP contribution in [0, 0.1) is 17.3 Å². The molecule has 5 nitrogen and oxygen atoms in total. The van der Waals surface area contributed by atoms with Crippen LogP contribution in [-0.2, 0) is 9.53 Å². The molecule has 0 aromatic carbocycles. The molecule has 1 unspecified atom stereocenters. The van der Waals surface area contributed by atoms with Gasteiger partial charge in [-0.15, -0.1) is 0 Å². The standard InChI is InChI=1S/C12H21N3O2/c1-4-12(11(16)17-5-2)6-9(3)10(7-12)8-14-15-13/h9-10H,4-8H2,1-3H3/t9-,10-,12?/m0/s1. The Balaban J connectivity index is 2.76. The molecule has 1 fully saturated rings. The van der Waals surface area contributed by atoms with Gasteiger partial charge in [0, 0.05) is 11.5 Å². The van der Waals surface area contributed by atoms with E-state index in [0.717, 1.165) is 19.3 Å². The van der Waals surface area contributed by atoms with Gasteiger partial charge in [-0.1, -0.05) is 19.0 Å². The van der Waals surface area contributed by atoms with Crippen molar-refractivity contribution < 1.29 is 9.53 Å². The van der Waals surface area contributed by atoms with E-state index >= 15 is 0 Å². The van der Waals surface area contributed by atoms with E-state index in [0.29, 0.717) is 25.0 Å².